The maximum atomic E-state index is 11.0. The average Bonchev–Trinajstić information content (AvgIpc) is 2.56. The SMILES string of the molecule is CCCCCCCCc1ccc(CCC(C)(O)C(O)NC(C)=O)cc1. The minimum atomic E-state index is -1.34. The van der Waals surface area contributed by atoms with Crippen molar-refractivity contribution in [1.82, 2.24) is 5.32 Å². The number of carbonyl (C=O) groups excluding carboxylic acids is 1. The van der Waals surface area contributed by atoms with Gasteiger partial charge in [0.1, 0.15) is 5.60 Å². The number of benzene rings is 1. The molecule has 0 spiro atoms. The second-order valence-electron chi connectivity index (χ2n) is 7.29. The highest BCUT2D eigenvalue weighted by molar-refractivity contribution is 5.73. The lowest BCUT2D eigenvalue weighted by Gasteiger charge is -2.29. The second-order valence-corrected chi connectivity index (χ2v) is 7.29. The van der Waals surface area contributed by atoms with Crippen LogP contribution in [0.1, 0.15) is 76.8 Å². The minimum absolute atomic E-state index is 0.355. The monoisotopic (exact) mass is 349 g/mol. The number of nitrogens with one attached hydrogen (secondary N) is 1. The molecule has 3 N–H and O–H groups in total. The summed E-state index contributed by atoms with van der Waals surface area (Å²) in [6, 6.07) is 8.49. The van der Waals surface area contributed by atoms with Gasteiger partial charge in [0.05, 0.1) is 0 Å². The Labute approximate surface area is 152 Å². The third kappa shape index (κ3) is 9.03. The van der Waals surface area contributed by atoms with E-state index in [1.807, 2.05) is 0 Å². The standard InChI is InChI=1S/C21H35NO3/c1-4-5-6-7-8-9-10-18-11-13-19(14-12-18)15-16-21(3,25)20(24)22-17(2)23/h11-14,20,24-25H,4-10,15-16H2,1-3H3,(H,22,23). The molecule has 0 fully saturated rings. The third-order valence-electron chi connectivity index (χ3n) is 4.69. The fraction of sp³-hybridized carbons (Fsp3) is 0.667. The molecule has 1 rings (SSSR count). The van der Waals surface area contributed by atoms with E-state index in [0.29, 0.717) is 12.8 Å². The van der Waals surface area contributed by atoms with Crippen LogP contribution in [0.3, 0.4) is 0 Å². The normalized spacial score (nSPS) is 14.8. The van der Waals surface area contributed by atoms with Crippen LogP contribution in [0.15, 0.2) is 24.3 Å². The quantitative estimate of drug-likeness (QED) is 0.398. The summed E-state index contributed by atoms with van der Waals surface area (Å²) in [5, 5.41) is 22.5. The molecule has 0 aliphatic rings. The highest BCUT2D eigenvalue weighted by Gasteiger charge is 2.30. The Kier molecular flexibility index (Phi) is 9.76. The first-order valence-electron chi connectivity index (χ1n) is 9.60. The largest absolute Gasteiger partial charge is 0.385 e. The lowest BCUT2D eigenvalue weighted by atomic mass is 9.94. The van der Waals surface area contributed by atoms with Crippen molar-refractivity contribution in [2.24, 2.45) is 0 Å². The molecular formula is C21H35NO3. The number of aryl methyl sites for hydroxylation is 2. The minimum Gasteiger partial charge on any atom is -0.385 e. The van der Waals surface area contributed by atoms with Crippen molar-refractivity contribution < 1.29 is 15.0 Å². The highest BCUT2D eigenvalue weighted by atomic mass is 16.4. The number of unbranched alkanes of at least 4 members (excludes halogenated alkanes) is 5. The summed E-state index contributed by atoms with van der Waals surface area (Å²) in [6.45, 7) is 5.10. The van der Waals surface area contributed by atoms with Gasteiger partial charge >= 0.3 is 0 Å². The van der Waals surface area contributed by atoms with Gasteiger partial charge in [0.15, 0.2) is 6.23 Å². The summed E-state index contributed by atoms with van der Waals surface area (Å²) in [4.78, 5) is 11.0. The second kappa shape index (κ2) is 11.3. The predicted octanol–water partition coefficient (Wildman–Crippen LogP) is 3.73. The van der Waals surface area contributed by atoms with Gasteiger partial charge in [-0.3, -0.25) is 4.79 Å². The van der Waals surface area contributed by atoms with Crippen LogP contribution in [-0.2, 0) is 17.6 Å². The molecule has 25 heavy (non-hydrogen) atoms. The van der Waals surface area contributed by atoms with Gasteiger partial charge in [0.2, 0.25) is 5.91 Å². The number of aliphatic hydroxyl groups is 2. The van der Waals surface area contributed by atoms with Crippen molar-refractivity contribution in [3.8, 4) is 0 Å². The summed E-state index contributed by atoms with van der Waals surface area (Å²) < 4.78 is 0. The van der Waals surface area contributed by atoms with E-state index in [9.17, 15) is 15.0 Å². The van der Waals surface area contributed by atoms with Crippen LogP contribution < -0.4 is 5.32 Å². The summed E-state index contributed by atoms with van der Waals surface area (Å²) in [7, 11) is 0. The molecule has 0 bridgehead atoms. The first kappa shape index (κ1) is 21.7. The molecule has 0 aromatic heterocycles. The molecule has 0 heterocycles. The number of hydrogen-bond acceptors (Lipinski definition) is 3. The molecular weight excluding hydrogens is 314 g/mol. The van der Waals surface area contributed by atoms with Crippen molar-refractivity contribution in [2.75, 3.05) is 0 Å². The van der Waals surface area contributed by atoms with E-state index in [1.165, 1.54) is 51.0 Å². The Morgan fingerprint density at radius 1 is 1.04 bits per heavy atom. The van der Waals surface area contributed by atoms with Gasteiger partial charge in [-0.15, -0.1) is 0 Å². The zero-order chi connectivity index (χ0) is 18.7. The van der Waals surface area contributed by atoms with Crippen LogP contribution in [0.4, 0.5) is 0 Å². The molecule has 142 valence electrons. The van der Waals surface area contributed by atoms with Gasteiger partial charge in [-0.25, -0.2) is 0 Å². The van der Waals surface area contributed by atoms with Crippen molar-refractivity contribution >= 4 is 5.91 Å². The molecule has 1 aromatic rings. The molecule has 0 saturated heterocycles. The zero-order valence-electron chi connectivity index (χ0n) is 16.1. The van der Waals surface area contributed by atoms with E-state index >= 15 is 0 Å². The van der Waals surface area contributed by atoms with Crippen molar-refractivity contribution in [1.29, 1.82) is 0 Å². The van der Waals surface area contributed by atoms with E-state index in [4.69, 9.17) is 0 Å². The first-order chi connectivity index (χ1) is 11.8. The Bertz CT molecular complexity index is 496. The van der Waals surface area contributed by atoms with E-state index in [0.717, 1.165) is 12.0 Å². The molecule has 2 atom stereocenters. The van der Waals surface area contributed by atoms with Gasteiger partial charge in [-0.2, -0.15) is 0 Å². The van der Waals surface area contributed by atoms with Crippen molar-refractivity contribution in [3.05, 3.63) is 35.4 Å². The highest BCUT2D eigenvalue weighted by Crippen LogP contribution is 2.18. The molecule has 0 radical (unpaired) electrons. The Hall–Kier alpha value is -1.39. The molecule has 0 aliphatic carbocycles. The first-order valence-corrected chi connectivity index (χ1v) is 9.60. The summed E-state index contributed by atoms with van der Waals surface area (Å²) in [5.41, 5.74) is 1.13. The van der Waals surface area contributed by atoms with Gasteiger partial charge in [-0.1, -0.05) is 63.3 Å². The maximum Gasteiger partial charge on any atom is 0.218 e. The van der Waals surface area contributed by atoms with Crippen LogP contribution in [0, 0.1) is 0 Å². The van der Waals surface area contributed by atoms with Crippen LogP contribution in [-0.4, -0.2) is 27.9 Å². The molecule has 1 aromatic carbocycles. The third-order valence-corrected chi connectivity index (χ3v) is 4.69. The number of rotatable bonds is 12. The maximum absolute atomic E-state index is 11.0. The zero-order valence-corrected chi connectivity index (χ0v) is 16.1. The fourth-order valence-electron chi connectivity index (χ4n) is 2.86. The predicted molar refractivity (Wildman–Crippen MR) is 102 cm³/mol. The molecule has 1 amide bonds. The van der Waals surface area contributed by atoms with E-state index < -0.39 is 11.8 Å². The summed E-state index contributed by atoms with van der Waals surface area (Å²) in [6.07, 6.45) is 8.74. The Balaban J connectivity index is 2.35. The molecule has 2 unspecified atom stereocenters. The van der Waals surface area contributed by atoms with Gasteiger partial charge in [-0.05, 0) is 43.7 Å². The van der Waals surface area contributed by atoms with E-state index in [2.05, 4.69) is 36.5 Å². The van der Waals surface area contributed by atoms with Crippen molar-refractivity contribution in [2.45, 2.75) is 90.4 Å². The van der Waals surface area contributed by atoms with Crippen LogP contribution in [0.5, 0.6) is 0 Å². The Morgan fingerprint density at radius 3 is 2.12 bits per heavy atom. The summed E-state index contributed by atoms with van der Waals surface area (Å²) in [5.74, 6) is -0.355. The van der Waals surface area contributed by atoms with E-state index in [1.54, 1.807) is 6.92 Å². The summed E-state index contributed by atoms with van der Waals surface area (Å²) >= 11 is 0. The lowest BCUT2D eigenvalue weighted by Crippen LogP contribution is -2.50. The molecule has 0 aliphatic heterocycles. The number of aliphatic hydroxyl groups excluding tert-OH is 1. The van der Waals surface area contributed by atoms with Gasteiger partial charge < -0.3 is 15.5 Å². The number of carbonyl (C=O) groups is 1. The van der Waals surface area contributed by atoms with Gasteiger partial charge in [0, 0.05) is 6.92 Å². The van der Waals surface area contributed by atoms with Gasteiger partial charge in [0.25, 0.3) is 0 Å². The lowest BCUT2D eigenvalue weighted by molar-refractivity contribution is -0.131. The molecule has 0 saturated carbocycles. The number of amides is 1. The fourth-order valence-corrected chi connectivity index (χ4v) is 2.86. The van der Waals surface area contributed by atoms with Crippen LogP contribution in [0.25, 0.3) is 0 Å². The van der Waals surface area contributed by atoms with Crippen LogP contribution in [0.2, 0.25) is 0 Å². The molecule has 4 heteroatoms. The number of hydrogen-bond donors (Lipinski definition) is 3. The molecule has 4 nitrogen and oxygen atoms in total. The Morgan fingerprint density at radius 2 is 1.56 bits per heavy atom. The van der Waals surface area contributed by atoms with Crippen molar-refractivity contribution in [3.63, 3.8) is 0 Å². The van der Waals surface area contributed by atoms with E-state index in [-0.39, 0.29) is 5.91 Å². The average molecular weight is 350 g/mol. The topological polar surface area (TPSA) is 69.6 Å². The van der Waals surface area contributed by atoms with Crippen LogP contribution >= 0.6 is 0 Å². The smallest absolute Gasteiger partial charge is 0.218 e.